The Kier molecular flexibility index (Phi) is 4.24. The number of furan rings is 1. The van der Waals surface area contributed by atoms with Crippen LogP contribution >= 0.6 is 0 Å². The molecule has 1 saturated heterocycles. The fourth-order valence-electron chi connectivity index (χ4n) is 3.78. The fraction of sp³-hybridized carbons (Fsp3) is 0.750. The van der Waals surface area contributed by atoms with Gasteiger partial charge in [-0.05, 0) is 57.2 Å². The molecule has 1 saturated carbocycles. The molecule has 3 unspecified atom stereocenters. The Balaban J connectivity index is 1.54. The van der Waals surface area contributed by atoms with Crippen LogP contribution in [0.3, 0.4) is 0 Å². The van der Waals surface area contributed by atoms with Gasteiger partial charge in [-0.25, -0.2) is 0 Å². The van der Waals surface area contributed by atoms with Crippen molar-refractivity contribution in [2.24, 2.45) is 5.92 Å². The van der Waals surface area contributed by atoms with Gasteiger partial charge in [0.1, 0.15) is 11.5 Å². The van der Waals surface area contributed by atoms with Crippen molar-refractivity contribution in [3.8, 4) is 0 Å². The second kappa shape index (κ2) is 6.10. The predicted molar refractivity (Wildman–Crippen MR) is 77.1 cm³/mol. The first-order valence-electron chi connectivity index (χ1n) is 7.85. The van der Waals surface area contributed by atoms with Gasteiger partial charge in [0.05, 0.1) is 6.54 Å². The van der Waals surface area contributed by atoms with Gasteiger partial charge >= 0.3 is 0 Å². The van der Waals surface area contributed by atoms with Gasteiger partial charge in [-0.3, -0.25) is 0 Å². The highest BCUT2D eigenvalue weighted by Gasteiger charge is 2.33. The highest BCUT2D eigenvalue weighted by Crippen LogP contribution is 2.31. The van der Waals surface area contributed by atoms with Crippen LogP contribution in [-0.2, 0) is 6.54 Å². The van der Waals surface area contributed by atoms with E-state index in [9.17, 15) is 0 Å². The van der Waals surface area contributed by atoms with Crippen LogP contribution in [0.5, 0.6) is 0 Å². The molecule has 2 heterocycles. The van der Waals surface area contributed by atoms with E-state index in [1.54, 1.807) is 0 Å². The van der Waals surface area contributed by atoms with Crippen LogP contribution in [-0.4, -0.2) is 18.6 Å². The van der Waals surface area contributed by atoms with Crippen molar-refractivity contribution < 1.29 is 4.42 Å². The largest absolute Gasteiger partial charge is 0.465 e. The Labute approximate surface area is 116 Å². The van der Waals surface area contributed by atoms with Crippen molar-refractivity contribution in [1.29, 1.82) is 0 Å². The quantitative estimate of drug-likeness (QED) is 0.876. The lowest BCUT2D eigenvalue weighted by Crippen LogP contribution is -2.46. The van der Waals surface area contributed by atoms with E-state index in [-0.39, 0.29) is 0 Å². The summed E-state index contributed by atoms with van der Waals surface area (Å²) in [5, 5.41) is 7.45. The summed E-state index contributed by atoms with van der Waals surface area (Å²) in [7, 11) is 0. The minimum atomic E-state index is 0.668. The van der Waals surface area contributed by atoms with E-state index in [2.05, 4.69) is 16.7 Å². The maximum Gasteiger partial charge on any atom is 0.117 e. The van der Waals surface area contributed by atoms with Crippen LogP contribution in [0.1, 0.15) is 50.0 Å². The van der Waals surface area contributed by atoms with Gasteiger partial charge in [0.25, 0.3) is 0 Å². The van der Waals surface area contributed by atoms with Crippen LogP contribution in [0.4, 0.5) is 0 Å². The first-order valence-corrected chi connectivity index (χ1v) is 7.85. The molecule has 3 rings (SSSR count). The maximum absolute atomic E-state index is 5.65. The van der Waals surface area contributed by atoms with Crippen molar-refractivity contribution in [3.63, 3.8) is 0 Å². The molecule has 3 atom stereocenters. The van der Waals surface area contributed by atoms with Crippen molar-refractivity contribution >= 4 is 0 Å². The first kappa shape index (κ1) is 13.2. The van der Waals surface area contributed by atoms with E-state index in [1.165, 1.54) is 45.1 Å². The normalized spacial score (nSPS) is 31.7. The van der Waals surface area contributed by atoms with Crippen LogP contribution in [0.2, 0.25) is 0 Å². The van der Waals surface area contributed by atoms with Crippen LogP contribution in [0.15, 0.2) is 16.5 Å². The molecular weight excluding hydrogens is 236 g/mol. The van der Waals surface area contributed by atoms with E-state index in [1.807, 2.05) is 13.0 Å². The molecule has 0 aromatic carbocycles. The van der Waals surface area contributed by atoms with E-state index >= 15 is 0 Å². The Bertz CT molecular complexity index is 395. The SMILES string of the molecule is Cc1ccc(CNC2CCCC2C2CCCCN2)o1. The minimum Gasteiger partial charge on any atom is -0.465 e. The average Bonchev–Trinajstić information content (AvgIpc) is 3.06. The second-order valence-electron chi connectivity index (χ2n) is 6.15. The highest BCUT2D eigenvalue weighted by atomic mass is 16.3. The lowest BCUT2D eigenvalue weighted by atomic mass is 9.88. The maximum atomic E-state index is 5.65. The Morgan fingerprint density at radius 1 is 1.21 bits per heavy atom. The molecule has 1 aromatic heterocycles. The third-order valence-electron chi connectivity index (χ3n) is 4.77. The zero-order valence-corrected chi connectivity index (χ0v) is 12.0. The van der Waals surface area contributed by atoms with Gasteiger partial charge in [-0.15, -0.1) is 0 Å². The summed E-state index contributed by atoms with van der Waals surface area (Å²) in [6.07, 6.45) is 8.20. The zero-order valence-electron chi connectivity index (χ0n) is 12.0. The van der Waals surface area contributed by atoms with Crippen molar-refractivity contribution in [3.05, 3.63) is 23.7 Å². The molecule has 2 aliphatic rings. The molecule has 1 aromatic rings. The van der Waals surface area contributed by atoms with Crippen molar-refractivity contribution in [2.45, 2.75) is 64.1 Å². The highest BCUT2D eigenvalue weighted by molar-refractivity contribution is 5.05. The smallest absolute Gasteiger partial charge is 0.117 e. The molecule has 3 nitrogen and oxygen atoms in total. The summed E-state index contributed by atoms with van der Waals surface area (Å²) >= 11 is 0. The molecule has 1 aliphatic carbocycles. The summed E-state index contributed by atoms with van der Waals surface area (Å²) in [5.41, 5.74) is 0. The summed E-state index contributed by atoms with van der Waals surface area (Å²) in [6.45, 7) is 4.10. The number of piperidine rings is 1. The number of aryl methyl sites for hydroxylation is 1. The zero-order chi connectivity index (χ0) is 13.1. The Hall–Kier alpha value is -0.800. The van der Waals surface area contributed by atoms with Gasteiger partial charge in [0, 0.05) is 12.1 Å². The molecule has 19 heavy (non-hydrogen) atoms. The number of nitrogens with one attached hydrogen (secondary N) is 2. The topological polar surface area (TPSA) is 37.2 Å². The molecule has 1 aliphatic heterocycles. The second-order valence-corrected chi connectivity index (χ2v) is 6.15. The van der Waals surface area contributed by atoms with Gasteiger partial charge < -0.3 is 15.1 Å². The minimum absolute atomic E-state index is 0.668. The summed E-state index contributed by atoms with van der Waals surface area (Å²) < 4.78 is 5.65. The standard InChI is InChI=1S/C16H26N2O/c1-12-8-9-13(19-12)11-18-16-7-4-5-14(16)15-6-2-3-10-17-15/h8-9,14-18H,2-7,10-11H2,1H3. The third-order valence-corrected chi connectivity index (χ3v) is 4.77. The van der Waals surface area contributed by atoms with E-state index < -0.39 is 0 Å². The van der Waals surface area contributed by atoms with Crippen molar-refractivity contribution in [1.82, 2.24) is 10.6 Å². The van der Waals surface area contributed by atoms with E-state index in [0.29, 0.717) is 6.04 Å². The fourth-order valence-corrected chi connectivity index (χ4v) is 3.78. The lowest BCUT2D eigenvalue weighted by Gasteiger charge is -2.33. The summed E-state index contributed by atoms with van der Waals surface area (Å²) in [4.78, 5) is 0. The van der Waals surface area contributed by atoms with Crippen LogP contribution < -0.4 is 10.6 Å². The molecule has 3 heteroatoms. The van der Waals surface area contributed by atoms with E-state index in [4.69, 9.17) is 4.42 Å². The molecule has 0 radical (unpaired) electrons. The monoisotopic (exact) mass is 262 g/mol. The molecular formula is C16H26N2O. The van der Waals surface area contributed by atoms with Gasteiger partial charge in [-0.1, -0.05) is 12.8 Å². The van der Waals surface area contributed by atoms with Gasteiger partial charge in [0.2, 0.25) is 0 Å². The molecule has 106 valence electrons. The molecule has 0 spiro atoms. The van der Waals surface area contributed by atoms with Crippen LogP contribution in [0, 0.1) is 12.8 Å². The molecule has 2 fully saturated rings. The summed E-state index contributed by atoms with van der Waals surface area (Å²) in [5.74, 6) is 2.89. The first-order chi connectivity index (χ1) is 9.33. The number of hydrogen-bond donors (Lipinski definition) is 2. The number of hydrogen-bond acceptors (Lipinski definition) is 3. The number of rotatable bonds is 4. The molecule has 0 amide bonds. The van der Waals surface area contributed by atoms with Gasteiger partial charge in [-0.2, -0.15) is 0 Å². The van der Waals surface area contributed by atoms with E-state index in [0.717, 1.165) is 30.0 Å². The van der Waals surface area contributed by atoms with Gasteiger partial charge in [0.15, 0.2) is 0 Å². The summed E-state index contributed by atoms with van der Waals surface area (Å²) in [6, 6.07) is 5.55. The average molecular weight is 262 g/mol. The predicted octanol–water partition coefficient (Wildman–Crippen LogP) is 2.99. The lowest BCUT2D eigenvalue weighted by molar-refractivity contribution is 0.253. The third kappa shape index (κ3) is 3.21. The molecule has 2 N–H and O–H groups in total. The van der Waals surface area contributed by atoms with Crippen molar-refractivity contribution in [2.75, 3.05) is 6.54 Å². The Morgan fingerprint density at radius 3 is 2.89 bits per heavy atom. The molecule has 0 bridgehead atoms. The van der Waals surface area contributed by atoms with Crippen LogP contribution in [0.25, 0.3) is 0 Å². The Morgan fingerprint density at radius 2 is 2.16 bits per heavy atom.